The molecule has 0 radical (unpaired) electrons. The number of hydrogen-bond acceptors (Lipinski definition) is 3. The number of hydrogen-bond donors (Lipinski definition) is 1. The van der Waals surface area contributed by atoms with Gasteiger partial charge >= 0.3 is 0 Å². The van der Waals surface area contributed by atoms with E-state index in [-0.39, 0.29) is 0 Å². The summed E-state index contributed by atoms with van der Waals surface area (Å²) in [7, 11) is 2.02. The van der Waals surface area contributed by atoms with Crippen molar-refractivity contribution in [1.82, 2.24) is 15.3 Å². The molecule has 15 heavy (non-hydrogen) atoms. The summed E-state index contributed by atoms with van der Waals surface area (Å²) in [6.07, 6.45) is 3.08. The second-order valence-electron chi connectivity index (χ2n) is 4.80. The molecule has 0 saturated carbocycles. The van der Waals surface area contributed by atoms with E-state index in [0.717, 1.165) is 19.6 Å². The van der Waals surface area contributed by atoms with E-state index in [0.29, 0.717) is 24.3 Å². The maximum Gasteiger partial charge on any atom is 0.238 e. The molecule has 1 unspecified atom stereocenters. The van der Waals surface area contributed by atoms with Crippen molar-refractivity contribution >= 4 is 5.91 Å². The van der Waals surface area contributed by atoms with Crippen LogP contribution in [0, 0.1) is 5.92 Å². The minimum Gasteiger partial charge on any atom is -0.317 e. The van der Waals surface area contributed by atoms with Gasteiger partial charge in [-0.25, -0.2) is 5.01 Å². The van der Waals surface area contributed by atoms with Gasteiger partial charge in [-0.3, -0.25) is 9.80 Å². The summed E-state index contributed by atoms with van der Waals surface area (Å²) in [4.78, 5) is 11.7. The Kier molecular flexibility index (Phi) is 3.26. The summed E-state index contributed by atoms with van der Waals surface area (Å²) in [5.74, 6) is 0.978. The lowest BCUT2D eigenvalue weighted by molar-refractivity contribution is -0.138. The average Bonchev–Trinajstić information content (AvgIpc) is 2.47. The summed E-state index contributed by atoms with van der Waals surface area (Å²) in [5.41, 5.74) is 0. The first-order valence-corrected chi connectivity index (χ1v) is 5.92. The van der Waals surface area contributed by atoms with E-state index >= 15 is 0 Å². The molecule has 0 aliphatic carbocycles. The molecule has 2 aliphatic rings. The third kappa shape index (κ3) is 2.32. The van der Waals surface area contributed by atoms with Crippen LogP contribution >= 0.6 is 0 Å². The molecule has 2 saturated heterocycles. The van der Waals surface area contributed by atoms with E-state index in [4.69, 9.17) is 0 Å². The van der Waals surface area contributed by atoms with Crippen molar-refractivity contribution in [3.8, 4) is 0 Å². The third-order valence-electron chi connectivity index (χ3n) is 3.67. The Hall–Kier alpha value is -0.610. The van der Waals surface area contributed by atoms with Gasteiger partial charge in [0.2, 0.25) is 5.91 Å². The van der Waals surface area contributed by atoms with Crippen LogP contribution < -0.4 is 5.32 Å². The van der Waals surface area contributed by atoms with Crippen LogP contribution in [0.5, 0.6) is 0 Å². The molecule has 4 nitrogen and oxygen atoms in total. The minimum absolute atomic E-state index is 0.295. The lowest BCUT2D eigenvalue weighted by atomic mass is 9.98. The molecule has 0 bridgehead atoms. The highest BCUT2D eigenvalue weighted by atomic mass is 16.2. The summed E-state index contributed by atoms with van der Waals surface area (Å²) in [6.45, 7) is 5.24. The summed E-state index contributed by atoms with van der Waals surface area (Å²) >= 11 is 0. The van der Waals surface area contributed by atoms with E-state index in [1.54, 1.807) is 0 Å². The van der Waals surface area contributed by atoms with Gasteiger partial charge in [-0.1, -0.05) is 0 Å². The minimum atomic E-state index is 0.295. The van der Waals surface area contributed by atoms with Gasteiger partial charge < -0.3 is 5.32 Å². The van der Waals surface area contributed by atoms with Crippen LogP contribution in [0.3, 0.4) is 0 Å². The van der Waals surface area contributed by atoms with Gasteiger partial charge in [0.1, 0.15) is 0 Å². The lowest BCUT2D eigenvalue weighted by Crippen LogP contribution is -2.43. The number of rotatable bonds is 2. The van der Waals surface area contributed by atoms with Crippen molar-refractivity contribution in [2.75, 3.05) is 26.7 Å². The number of nitrogens with zero attached hydrogens (tertiary/aromatic N) is 2. The first-order valence-electron chi connectivity index (χ1n) is 5.92. The molecule has 1 atom stereocenters. The van der Waals surface area contributed by atoms with Gasteiger partial charge in [-0.05, 0) is 38.8 Å². The van der Waals surface area contributed by atoms with Crippen molar-refractivity contribution in [1.29, 1.82) is 0 Å². The normalized spacial score (nSPS) is 30.1. The molecule has 2 fully saturated rings. The zero-order valence-corrected chi connectivity index (χ0v) is 9.70. The maximum absolute atomic E-state index is 11.7. The smallest absolute Gasteiger partial charge is 0.238 e. The highest BCUT2D eigenvalue weighted by molar-refractivity contribution is 5.78. The van der Waals surface area contributed by atoms with Gasteiger partial charge in [-0.15, -0.1) is 0 Å². The maximum atomic E-state index is 11.7. The van der Waals surface area contributed by atoms with E-state index in [1.165, 1.54) is 12.8 Å². The number of amides is 1. The van der Waals surface area contributed by atoms with E-state index in [1.807, 2.05) is 12.1 Å². The monoisotopic (exact) mass is 211 g/mol. The Bertz CT molecular complexity index is 238. The first kappa shape index (κ1) is 10.9. The molecule has 4 heteroatoms. The fraction of sp³-hybridized carbons (Fsp3) is 0.909. The van der Waals surface area contributed by atoms with E-state index < -0.39 is 0 Å². The second kappa shape index (κ2) is 4.49. The Morgan fingerprint density at radius 1 is 1.40 bits per heavy atom. The Morgan fingerprint density at radius 3 is 2.60 bits per heavy atom. The van der Waals surface area contributed by atoms with Crippen LogP contribution in [0.15, 0.2) is 0 Å². The number of carbonyl (C=O) groups excluding carboxylic acids is 1. The van der Waals surface area contributed by atoms with Crippen LogP contribution in [0.4, 0.5) is 0 Å². The van der Waals surface area contributed by atoms with E-state index in [9.17, 15) is 4.79 Å². The molecular weight excluding hydrogens is 190 g/mol. The molecule has 1 amide bonds. The molecule has 0 spiro atoms. The fourth-order valence-electron chi connectivity index (χ4n) is 2.44. The molecule has 1 N–H and O–H groups in total. The molecule has 86 valence electrons. The summed E-state index contributed by atoms with van der Waals surface area (Å²) in [5, 5.41) is 7.40. The first-order chi connectivity index (χ1) is 7.18. The lowest BCUT2D eigenvalue weighted by Gasteiger charge is -2.32. The van der Waals surface area contributed by atoms with Crippen LogP contribution in [-0.4, -0.2) is 48.6 Å². The zero-order valence-electron chi connectivity index (χ0n) is 9.70. The van der Waals surface area contributed by atoms with Crippen molar-refractivity contribution in [2.45, 2.75) is 32.2 Å². The van der Waals surface area contributed by atoms with Gasteiger partial charge in [-0.2, -0.15) is 0 Å². The van der Waals surface area contributed by atoms with Crippen LogP contribution in [0.2, 0.25) is 0 Å². The van der Waals surface area contributed by atoms with Crippen LogP contribution in [-0.2, 0) is 4.79 Å². The number of hydrazine groups is 1. The molecule has 0 aromatic heterocycles. The van der Waals surface area contributed by atoms with Crippen molar-refractivity contribution in [2.24, 2.45) is 5.92 Å². The fourth-order valence-corrected chi connectivity index (χ4v) is 2.44. The van der Waals surface area contributed by atoms with Crippen molar-refractivity contribution < 1.29 is 4.79 Å². The molecule has 0 aromatic rings. The molecule has 2 heterocycles. The standard InChI is InChI=1S/C11H21N3O/c1-9-7-11(15)14(13(9)2)8-10-3-5-12-6-4-10/h9-10,12H,3-8H2,1-2H3. The number of piperidine rings is 1. The highest BCUT2D eigenvalue weighted by Gasteiger charge is 2.33. The van der Waals surface area contributed by atoms with Gasteiger partial charge in [0, 0.05) is 26.1 Å². The third-order valence-corrected chi connectivity index (χ3v) is 3.67. The topological polar surface area (TPSA) is 35.6 Å². The summed E-state index contributed by atoms with van der Waals surface area (Å²) in [6, 6.07) is 0.374. The SMILES string of the molecule is CC1CC(=O)N(CC2CCNCC2)N1C. The van der Waals surface area contributed by atoms with Crippen molar-refractivity contribution in [3.05, 3.63) is 0 Å². The second-order valence-corrected chi connectivity index (χ2v) is 4.80. The number of carbonyl (C=O) groups is 1. The van der Waals surface area contributed by atoms with Crippen LogP contribution in [0.25, 0.3) is 0 Å². The van der Waals surface area contributed by atoms with Gasteiger partial charge in [0.05, 0.1) is 0 Å². The summed E-state index contributed by atoms with van der Waals surface area (Å²) < 4.78 is 0. The molecule has 2 aliphatic heterocycles. The average molecular weight is 211 g/mol. The Labute approximate surface area is 91.6 Å². The quantitative estimate of drug-likeness (QED) is 0.720. The van der Waals surface area contributed by atoms with Gasteiger partial charge in [0.15, 0.2) is 0 Å². The van der Waals surface area contributed by atoms with Crippen LogP contribution in [0.1, 0.15) is 26.2 Å². The Morgan fingerprint density at radius 2 is 2.07 bits per heavy atom. The number of nitrogens with one attached hydrogen (secondary N) is 1. The predicted molar refractivity (Wildman–Crippen MR) is 59.1 cm³/mol. The van der Waals surface area contributed by atoms with Gasteiger partial charge in [0.25, 0.3) is 0 Å². The molecule has 2 rings (SSSR count). The van der Waals surface area contributed by atoms with E-state index in [2.05, 4.69) is 17.2 Å². The molecule has 0 aromatic carbocycles. The molecular formula is C11H21N3O. The predicted octanol–water partition coefficient (Wildman–Crippen LogP) is 0.454. The highest BCUT2D eigenvalue weighted by Crippen LogP contribution is 2.21. The Balaban J connectivity index is 1.90. The largest absolute Gasteiger partial charge is 0.317 e. The zero-order chi connectivity index (χ0) is 10.8. The van der Waals surface area contributed by atoms with Crippen molar-refractivity contribution in [3.63, 3.8) is 0 Å².